The van der Waals surface area contributed by atoms with Crippen molar-refractivity contribution < 1.29 is 9.53 Å². The smallest absolute Gasteiger partial charge is 0.413 e. The highest BCUT2D eigenvalue weighted by Crippen LogP contribution is 2.38. The lowest BCUT2D eigenvalue weighted by atomic mass is 10.2. The van der Waals surface area contributed by atoms with Gasteiger partial charge in [0, 0.05) is 12.0 Å². The second-order valence-electron chi connectivity index (χ2n) is 5.34. The second-order valence-corrected chi connectivity index (χ2v) is 5.72. The maximum atomic E-state index is 11.6. The van der Waals surface area contributed by atoms with E-state index in [1.807, 2.05) is 0 Å². The molecule has 1 aromatic rings. The summed E-state index contributed by atoms with van der Waals surface area (Å²) in [5, 5.41) is 2.90. The molecule has 0 radical (unpaired) electrons. The van der Waals surface area contributed by atoms with Crippen molar-refractivity contribution in [1.29, 1.82) is 0 Å². The highest BCUT2D eigenvalue weighted by atomic mass is 35.5. The molecule has 1 heterocycles. The fraction of sp³-hybridized carbons (Fsp3) is 0.583. The van der Waals surface area contributed by atoms with Crippen molar-refractivity contribution in [3.63, 3.8) is 0 Å². The molecule has 0 saturated heterocycles. The van der Waals surface area contributed by atoms with E-state index in [9.17, 15) is 4.79 Å². The highest BCUT2D eigenvalue weighted by Gasteiger charge is 2.27. The maximum Gasteiger partial charge on any atom is 0.413 e. The van der Waals surface area contributed by atoms with Crippen molar-refractivity contribution >= 4 is 23.5 Å². The van der Waals surface area contributed by atoms with Gasteiger partial charge in [-0.3, -0.25) is 5.32 Å². The Balaban J connectivity index is 2.06. The van der Waals surface area contributed by atoms with Crippen LogP contribution in [0.4, 0.5) is 10.6 Å². The highest BCUT2D eigenvalue weighted by molar-refractivity contribution is 6.29. The van der Waals surface area contributed by atoms with Gasteiger partial charge in [-0.1, -0.05) is 11.6 Å². The molecule has 1 N–H and O–H groups in total. The number of nitrogens with one attached hydrogen (secondary N) is 1. The zero-order valence-electron chi connectivity index (χ0n) is 10.7. The number of carbonyl (C=O) groups is 1. The first-order valence-corrected chi connectivity index (χ1v) is 6.26. The fourth-order valence-electron chi connectivity index (χ4n) is 1.43. The Bertz CT molecular complexity index is 467. The summed E-state index contributed by atoms with van der Waals surface area (Å²) in [6.45, 7) is 5.40. The molecule has 5 nitrogen and oxygen atoms in total. The Morgan fingerprint density at radius 1 is 1.44 bits per heavy atom. The van der Waals surface area contributed by atoms with E-state index < -0.39 is 11.7 Å². The molecule has 1 aromatic heterocycles. The first-order chi connectivity index (χ1) is 8.33. The van der Waals surface area contributed by atoms with Crippen LogP contribution in [0.5, 0.6) is 0 Å². The minimum Gasteiger partial charge on any atom is -0.444 e. The van der Waals surface area contributed by atoms with E-state index in [1.165, 1.54) is 6.07 Å². The maximum absolute atomic E-state index is 11.6. The molecule has 1 aliphatic rings. The van der Waals surface area contributed by atoms with Crippen LogP contribution in [0.2, 0.25) is 5.15 Å². The van der Waals surface area contributed by atoms with Gasteiger partial charge in [-0.2, -0.15) is 0 Å². The Morgan fingerprint density at radius 2 is 2.11 bits per heavy atom. The Kier molecular flexibility index (Phi) is 3.43. The normalized spacial score (nSPS) is 15.3. The summed E-state index contributed by atoms with van der Waals surface area (Å²) in [5.41, 5.74) is -0.541. The molecular weight excluding hydrogens is 254 g/mol. The molecule has 0 unspecified atom stereocenters. The topological polar surface area (TPSA) is 64.1 Å². The van der Waals surface area contributed by atoms with Gasteiger partial charge in [0.2, 0.25) is 0 Å². The summed E-state index contributed by atoms with van der Waals surface area (Å²) in [4.78, 5) is 20.0. The lowest BCUT2D eigenvalue weighted by Crippen LogP contribution is -2.27. The van der Waals surface area contributed by atoms with Crippen molar-refractivity contribution in [2.45, 2.75) is 45.1 Å². The van der Waals surface area contributed by atoms with Crippen molar-refractivity contribution in [3.8, 4) is 0 Å². The van der Waals surface area contributed by atoms with E-state index in [1.54, 1.807) is 20.8 Å². The first kappa shape index (κ1) is 13.1. The number of anilines is 1. The number of carbonyl (C=O) groups excluding carboxylic acids is 1. The van der Waals surface area contributed by atoms with Crippen LogP contribution in [0, 0.1) is 0 Å². The number of nitrogens with zero attached hydrogens (tertiary/aromatic N) is 2. The first-order valence-electron chi connectivity index (χ1n) is 5.88. The summed E-state index contributed by atoms with van der Waals surface area (Å²) in [6, 6.07) is 1.51. The molecule has 2 rings (SSSR count). The average Bonchev–Trinajstić information content (AvgIpc) is 2.95. The van der Waals surface area contributed by atoms with E-state index in [2.05, 4.69) is 15.3 Å². The molecular formula is C12H16ClN3O2. The van der Waals surface area contributed by atoms with Crippen LogP contribution in [0.15, 0.2) is 6.07 Å². The molecule has 0 spiro atoms. The van der Waals surface area contributed by atoms with Gasteiger partial charge >= 0.3 is 6.09 Å². The van der Waals surface area contributed by atoms with Crippen molar-refractivity contribution in [2.75, 3.05) is 5.32 Å². The van der Waals surface area contributed by atoms with Gasteiger partial charge in [-0.15, -0.1) is 0 Å². The number of ether oxygens (including phenoxy) is 1. The van der Waals surface area contributed by atoms with Gasteiger partial charge in [0.05, 0.1) is 0 Å². The van der Waals surface area contributed by atoms with E-state index in [0.29, 0.717) is 22.7 Å². The number of hydrogen-bond donors (Lipinski definition) is 1. The van der Waals surface area contributed by atoms with Crippen LogP contribution < -0.4 is 5.32 Å². The van der Waals surface area contributed by atoms with Crippen LogP contribution >= 0.6 is 11.6 Å². The molecule has 0 aromatic carbocycles. The SMILES string of the molecule is CC(C)(C)OC(=O)Nc1cc(Cl)nc(C2CC2)n1. The zero-order chi connectivity index (χ0) is 13.3. The lowest BCUT2D eigenvalue weighted by Gasteiger charge is -2.19. The summed E-state index contributed by atoms with van der Waals surface area (Å²) in [7, 11) is 0. The van der Waals surface area contributed by atoms with Crippen molar-refractivity contribution in [2.24, 2.45) is 0 Å². The predicted molar refractivity (Wildman–Crippen MR) is 68.9 cm³/mol. The molecule has 98 valence electrons. The second kappa shape index (κ2) is 4.72. The molecule has 0 aliphatic heterocycles. The number of hydrogen-bond acceptors (Lipinski definition) is 4. The summed E-state index contributed by atoms with van der Waals surface area (Å²) < 4.78 is 5.14. The van der Waals surface area contributed by atoms with Crippen LogP contribution in [0.3, 0.4) is 0 Å². The van der Waals surface area contributed by atoms with Gasteiger partial charge in [0.1, 0.15) is 22.4 Å². The molecule has 1 fully saturated rings. The largest absolute Gasteiger partial charge is 0.444 e. The van der Waals surface area contributed by atoms with Gasteiger partial charge in [-0.25, -0.2) is 14.8 Å². The fourth-order valence-corrected chi connectivity index (χ4v) is 1.62. The average molecular weight is 270 g/mol. The van der Waals surface area contributed by atoms with Crippen LogP contribution in [0.25, 0.3) is 0 Å². The van der Waals surface area contributed by atoms with Gasteiger partial charge < -0.3 is 4.74 Å². The van der Waals surface area contributed by atoms with E-state index in [0.717, 1.165) is 12.8 Å². The van der Waals surface area contributed by atoms with Crippen molar-refractivity contribution in [3.05, 3.63) is 17.0 Å². The number of aromatic nitrogens is 2. The minimum absolute atomic E-state index is 0.331. The summed E-state index contributed by atoms with van der Waals surface area (Å²) >= 11 is 5.90. The van der Waals surface area contributed by atoms with Gasteiger partial charge in [0.25, 0.3) is 0 Å². The van der Waals surface area contributed by atoms with Crippen LogP contribution in [0.1, 0.15) is 45.4 Å². The quantitative estimate of drug-likeness (QED) is 0.836. The number of amides is 1. The summed E-state index contributed by atoms with van der Waals surface area (Å²) in [6.07, 6.45) is 1.61. The Morgan fingerprint density at radius 3 is 2.67 bits per heavy atom. The van der Waals surface area contributed by atoms with Gasteiger partial charge in [-0.05, 0) is 33.6 Å². The molecule has 0 bridgehead atoms. The molecule has 18 heavy (non-hydrogen) atoms. The number of rotatable bonds is 2. The molecule has 6 heteroatoms. The molecule has 1 saturated carbocycles. The third-order valence-electron chi connectivity index (χ3n) is 2.28. The number of halogens is 1. The third-order valence-corrected chi connectivity index (χ3v) is 2.48. The monoisotopic (exact) mass is 269 g/mol. The molecule has 0 atom stereocenters. The van der Waals surface area contributed by atoms with Crippen LogP contribution in [-0.4, -0.2) is 21.7 Å². The summed E-state index contributed by atoms with van der Waals surface area (Å²) in [5.74, 6) is 1.45. The standard InChI is InChI=1S/C12H16ClN3O2/c1-12(2,3)18-11(17)16-9-6-8(13)14-10(15-9)7-4-5-7/h6-7H,4-5H2,1-3H3,(H,14,15,16,17). The Labute approximate surface area is 111 Å². The third kappa shape index (κ3) is 3.84. The van der Waals surface area contributed by atoms with E-state index >= 15 is 0 Å². The molecule has 1 amide bonds. The zero-order valence-corrected chi connectivity index (χ0v) is 11.4. The molecule has 1 aliphatic carbocycles. The van der Waals surface area contributed by atoms with E-state index in [4.69, 9.17) is 16.3 Å². The lowest BCUT2D eigenvalue weighted by molar-refractivity contribution is 0.0635. The van der Waals surface area contributed by atoms with Gasteiger partial charge in [0.15, 0.2) is 0 Å². The Hall–Kier alpha value is -1.36. The minimum atomic E-state index is -0.543. The van der Waals surface area contributed by atoms with Crippen LogP contribution in [-0.2, 0) is 4.74 Å². The van der Waals surface area contributed by atoms with E-state index in [-0.39, 0.29) is 0 Å². The van der Waals surface area contributed by atoms with Crippen molar-refractivity contribution in [1.82, 2.24) is 9.97 Å². The predicted octanol–water partition coefficient (Wildman–Crippen LogP) is 3.35.